The van der Waals surface area contributed by atoms with E-state index in [0.717, 1.165) is 5.56 Å². The molecule has 1 rings (SSSR count). The summed E-state index contributed by atoms with van der Waals surface area (Å²) >= 11 is 0. The average Bonchev–Trinajstić information content (AvgIpc) is 2.15. The number of hydrogen-bond acceptors (Lipinski definition) is 2. The van der Waals surface area contributed by atoms with Crippen LogP contribution in [-0.2, 0) is 16.6 Å². The second kappa shape index (κ2) is 5.17. The molecular formula is C15H21NO. The first-order valence-electron chi connectivity index (χ1n) is 5.85. The minimum Gasteiger partial charge on any atom is -0.402 e. The van der Waals surface area contributed by atoms with E-state index in [-0.39, 0.29) is 11.2 Å². The van der Waals surface area contributed by atoms with Crippen molar-refractivity contribution in [3.8, 4) is 0 Å². The first-order valence-corrected chi connectivity index (χ1v) is 5.85. The molecule has 0 unspecified atom stereocenters. The lowest BCUT2D eigenvalue weighted by molar-refractivity contribution is -0.114. The SMILES string of the molecule is C/C(N)=C/C(=O)Cc1ccc(C(C)(C)C)cc1. The van der Waals surface area contributed by atoms with Crippen molar-refractivity contribution in [3.05, 3.63) is 47.2 Å². The molecule has 0 atom stereocenters. The Hall–Kier alpha value is -1.57. The minimum atomic E-state index is 0.0495. The minimum absolute atomic E-state index is 0.0495. The highest BCUT2D eigenvalue weighted by molar-refractivity contribution is 5.91. The van der Waals surface area contributed by atoms with Gasteiger partial charge in [-0.15, -0.1) is 0 Å². The van der Waals surface area contributed by atoms with Crippen LogP contribution in [0.2, 0.25) is 0 Å². The van der Waals surface area contributed by atoms with Gasteiger partial charge in [-0.1, -0.05) is 45.0 Å². The molecule has 0 bridgehead atoms. The van der Waals surface area contributed by atoms with Crippen molar-refractivity contribution >= 4 is 5.78 Å². The van der Waals surface area contributed by atoms with Crippen molar-refractivity contribution in [2.45, 2.75) is 39.5 Å². The lowest BCUT2D eigenvalue weighted by Gasteiger charge is -2.19. The van der Waals surface area contributed by atoms with E-state index < -0.39 is 0 Å². The van der Waals surface area contributed by atoms with E-state index in [1.54, 1.807) is 6.92 Å². The Bertz CT molecular complexity index is 417. The van der Waals surface area contributed by atoms with Crippen LogP contribution in [0.3, 0.4) is 0 Å². The van der Waals surface area contributed by atoms with E-state index in [0.29, 0.717) is 12.1 Å². The Kier molecular flexibility index (Phi) is 4.11. The quantitative estimate of drug-likeness (QED) is 0.813. The summed E-state index contributed by atoms with van der Waals surface area (Å²) in [4.78, 5) is 11.5. The summed E-state index contributed by atoms with van der Waals surface area (Å²) in [6.07, 6.45) is 1.90. The van der Waals surface area contributed by atoms with Gasteiger partial charge in [0.2, 0.25) is 0 Å². The highest BCUT2D eigenvalue weighted by Crippen LogP contribution is 2.22. The Balaban J connectivity index is 2.76. The molecule has 1 aromatic rings. The molecule has 2 heteroatoms. The fourth-order valence-corrected chi connectivity index (χ4v) is 1.63. The fourth-order valence-electron chi connectivity index (χ4n) is 1.63. The number of benzene rings is 1. The highest BCUT2D eigenvalue weighted by atomic mass is 16.1. The molecule has 0 aliphatic rings. The van der Waals surface area contributed by atoms with Gasteiger partial charge < -0.3 is 5.73 Å². The maximum Gasteiger partial charge on any atom is 0.161 e. The van der Waals surface area contributed by atoms with E-state index in [1.807, 2.05) is 12.1 Å². The number of hydrogen-bond donors (Lipinski definition) is 1. The highest BCUT2D eigenvalue weighted by Gasteiger charge is 2.13. The molecule has 0 spiro atoms. The predicted octanol–water partition coefficient (Wildman–Crippen LogP) is 2.96. The van der Waals surface area contributed by atoms with Crippen LogP contribution in [0.1, 0.15) is 38.8 Å². The van der Waals surface area contributed by atoms with Crippen molar-refractivity contribution in [3.63, 3.8) is 0 Å². The predicted molar refractivity (Wildman–Crippen MR) is 71.8 cm³/mol. The zero-order chi connectivity index (χ0) is 13.1. The maximum absolute atomic E-state index is 11.5. The molecule has 0 radical (unpaired) electrons. The molecular weight excluding hydrogens is 210 g/mol. The van der Waals surface area contributed by atoms with Crippen molar-refractivity contribution in [2.75, 3.05) is 0 Å². The molecule has 0 heterocycles. The first-order chi connectivity index (χ1) is 7.79. The summed E-state index contributed by atoms with van der Waals surface area (Å²) < 4.78 is 0. The third kappa shape index (κ3) is 4.43. The number of rotatable bonds is 3. The van der Waals surface area contributed by atoms with Crippen LogP contribution in [0.5, 0.6) is 0 Å². The van der Waals surface area contributed by atoms with Crippen LogP contribution >= 0.6 is 0 Å². The molecule has 1 aromatic carbocycles. The van der Waals surface area contributed by atoms with Gasteiger partial charge in [-0.25, -0.2) is 0 Å². The van der Waals surface area contributed by atoms with Crippen LogP contribution in [0.25, 0.3) is 0 Å². The van der Waals surface area contributed by atoms with Gasteiger partial charge in [0.25, 0.3) is 0 Å². The maximum atomic E-state index is 11.5. The summed E-state index contributed by atoms with van der Waals surface area (Å²) in [5, 5.41) is 0. The average molecular weight is 231 g/mol. The molecule has 0 aliphatic heterocycles. The first kappa shape index (κ1) is 13.5. The molecule has 0 saturated heterocycles. The second-order valence-corrected chi connectivity index (χ2v) is 5.48. The Morgan fingerprint density at radius 1 is 1.24 bits per heavy atom. The van der Waals surface area contributed by atoms with Crippen LogP contribution < -0.4 is 5.73 Å². The Morgan fingerprint density at radius 3 is 2.18 bits per heavy atom. The molecule has 2 nitrogen and oxygen atoms in total. The Morgan fingerprint density at radius 2 is 1.76 bits per heavy atom. The van der Waals surface area contributed by atoms with Crippen LogP contribution in [0.4, 0.5) is 0 Å². The van der Waals surface area contributed by atoms with Crippen LogP contribution in [-0.4, -0.2) is 5.78 Å². The van der Waals surface area contributed by atoms with Crippen molar-refractivity contribution in [1.29, 1.82) is 0 Å². The monoisotopic (exact) mass is 231 g/mol. The lowest BCUT2D eigenvalue weighted by atomic mass is 9.86. The van der Waals surface area contributed by atoms with Crippen LogP contribution in [0.15, 0.2) is 36.0 Å². The third-order valence-corrected chi connectivity index (χ3v) is 2.59. The fraction of sp³-hybridized carbons (Fsp3) is 0.400. The van der Waals surface area contributed by atoms with Gasteiger partial charge in [-0.2, -0.15) is 0 Å². The van der Waals surface area contributed by atoms with Gasteiger partial charge in [0, 0.05) is 12.1 Å². The second-order valence-electron chi connectivity index (χ2n) is 5.48. The number of carbonyl (C=O) groups excluding carboxylic acids is 1. The summed E-state index contributed by atoms with van der Waals surface area (Å²) in [6.45, 7) is 8.25. The largest absolute Gasteiger partial charge is 0.402 e. The number of carbonyl (C=O) groups is 1. The van der Waals surface area contributed by atoms with Crippen molar-refractivity contribution in [2.24, 2.45) is 5.73 Å². The van der Waals surface area contributed by atoms with Gasteiger partial charge in [0.05, 0.1) is 0 Å². The molecule has 0 aliphatic carbocycles. The van der Waals surface area contributed by atoms with Gasteiger partial charge >= 0.3 is 0 Å². The molecule has 0 saturated carbocycles. The number of allylic oxidation sites excluding steroid dienone is 2. The number of ketones is 1. The molecule has 0 aromatic heterocycles. The molecule has 17 heavy (non-hydrogen) atoms. The Labute approximate surface area is 104 Å². The van der Waals surface area contributed by atoms with E-state index in [9.17, 15) is 4.79 Å². The third-order valence-electron chi connectivity index (χ3n) is 2.59. The summed E-state index contributed by atoms with van der Waals surface area (Å²) in [5.41, 5.74) is 8.48. The standard InChI is InChI=1S/C15H21NO/c1-11(16)9-14(17)10-12-5-7-13(8-6-12)15(2,3)4/h5-9H,10,16H2,1-4H3/b11-9-. The summed E-state index contributed by atoms with van der Waals surface area (Å²) in [5.74, 6) is 0.0495. The topological polar surface area (TPSA) is 43.1 Å². The van der Waals surface area contributed by atoms with E-state index >= 15 is 0 Å². The lowest BCUT2D eigenvalue weighted by Crippen LogP contribution is -2.11. The van der Waals surface area contributed by atoms with Crippen molar-refractivity contribution < 1.29 is 4.79 Å². The van der Waals surface area contributed by atoms with E-state index in [2.05, 4.69) is 32.9 Å². The van der Waals surface area contributed by atoms with Crippen LogP contribution in [0, 0.1) is 0 Å². The van der Waals surface area contributed by atoms with Gasteiger partial charge in [0.15, 0.2) is 5.78 Å². The van der Waals surface area contributed by atoms with Gasteiger partial charge in [0.1, 0.15) is 0 Å². The zero-order valence-electron chi connectivity index (χ0n) is 11.1. The summed E-state index contributed by atoms with van der Waals surface area (Å²) in [7, 11) is 0. The molecule has 2 N–H and O–H groups in total. The molecule has 0 fully saturated rings. The number of nitrogens with two attached hydrogens (primary N) is 1. The molecule has 92 valence electrons. The van der Waals surface area contributed by atoms with Gasteiger partial charge in [-0.3, -0.25) is 4.79 Å². The molecule has 0 amide bonds. The van der Waals surface area contributed by atoms with E-state index in [1.165, 1.54) is 11.6 Å². The summed E-state index contributed by atoms with van der Waals surface area (Å²) in [6, 6.07) is 8.19. The van der Waals surface area contributed by atoms with Gasteiger partial charge in [-0.05, 0) is 29.5 Å². The zero-order valence-corrected chi connectivity index (χ0v) is 11.1. The van der Waals surface area contributed by atoms with E-state index in [4.69, 9.17) is 5.73 Å². The smallest absolute Gasteiger partial charge is 0.161 e. The van der Waals surface area contributed by atoms with Crippen molar-refractivity contribution in [1.82, 2.24) is 0 Å². The normalized spacial score (nSPS) is 12.6.